The summed E-state index contributed by atoms with van der Waals surface area (Å²) in [5.41, 5.74) is 0.419. The summed E-state index contributed by atoms with van der Waals surface area (Å²) >= 11 is 0. The molecular weight excluding hydrogens is 248 g/mol. The number of amides is 2. The number of anilines is 1. The van der Waals surface area contributed by atoms with E-state index >= 15 is 0 Å². The maximum Gasteiger partial charge on any atom is 0.265 e. The predicted octanol–water partition coefficient (Wildman–Crippen LogP) is 0.644. The molecule has 0 saturated carbocycles. The summed E-state index contributed by atoms with van der Waals surface area (Å²) in [6.07, 6.45) is 0.834. The summed E-state index contributed by atoms with van der Waals surface area (Å²) in [4.78, 5) is 24.8. The molecule has 0 aliphatic carbocycles. The molecule has 19 heavy (non-hydrogen) atoms. The summed E-state index contributed by atoms with van der Waals surface area (Å²) in [5.74, 6) is -0.0205. The zero-order valence-corrected chi connectivity index (χ0v) is 10.7. The van der Waals surface area contributed by atoms with Crippen LogP contribution >= 0.6 is 0 Å². The number of rotatable bonds is 4. The molecule has 1 heterocycles. The van der Waals surface area contributed by atoms with Gasteiger partial charge in [-0.15, -0.1) is 0 Å². The third kappa shape index (κ3) is 2.96. The van der Waals surface area contributed by atoms with Gasteiger partial charge >= 0.3 is 0 Å². The van der Waals surface area contributed by atoms with E-state index in [9.17, 15) is 14.7 Å². The Morgan fingerprint density at radius 1 is 1.53 bits per heavy atom. The van der Waals surface area contributed by atoms with Crippen molar-refractivity contribution in [1.82, 2.24) is 5.32 Å². The zero-order valence-electron chi connectivity index (χ0n) is 10.7. The second-order valence-electron chi connectivity index (χ2n) is 4.27. The Kier molecular flexibility index (Phi) is 3.89. The molecule has 0 saturated heterocycles. The average Bonchev–Trinajstić information content (AvgIpc) is 2.40. The fourth-order valence-electron chi connectivity index (χ4n) is 1.83. The molecule has 2 N–H and O–H groups in total. The molecule has 6 heteroatoms. The first-order chi connectivity index (χ1) is 9.11. The summed E-state index contributed by atoms with van der Waals surface area (Å²) < 4.78 is 5.25. The van der Waals surface area contributed by atoms with Crippen molar-refractivity contribution in [2.75, 3.05) is 24.6 Å². The molecule has 1 aliphatic heterocycles. The zero-order chi connectivity index (χ0) is 13.8. The van der Waals surface area contributed by atoms with Crippen molar-refractivity contribution in [2.45, 2.75) is 13.3 Å². The van der Waals surface area contributed by atoms with Gasteiger partial charge in [-0.05, 0) is 18.6 Å². The SMILES string of the molecule is CCCNC(=O)CN1C(=O)COc2ccc(O)cc21. The van der Waals surface area contributed by atoms with Gasteiger partial charge in [-0.1, -0.05) is 6.92 Å². The Hall–Kier alpha value is -2.24. The quantitative estimate of drug-likeness (QED) is 0.836. The van der Waals surface area contributed by atoms with Crippen LogP contribution in [0, 0.1) is 0 Å². The van der Waals surface area contributed by atoms with Gasteiger partial charge in [-0.25, -0.2) is 0 Å². The lowest BCUT2D eigenvalue weighted by molar-refractivity contribution is -0.125. The summed E-state index contributed by atoms with van der Waals surface area (Å²) in [6.45, 7) is 2.36. The van der Waals surface area contributed by atoms with Crippen molar-refractivity contribution in [2.24, 2.45) is 0 Å². The number of nitrogens with zero attached hydrogens (tertiary/aromatic N) is 1. The van der Waals surface area contributed by atoms with Crippen LogP contribution in [0.5, 0.6) is 11.5 Å². The van der Waals surface area contributed by atoms with E-state index in [2.05, 4.69) is 5.32 Å². The third-order valence-electron chi connectivity index (χ3n) is 2.76. The molecule has 0 bridgehead atoms. The number of fused-ring (bicyclic) bond motifs is 1. The van der Waals surface area contributed by atoms with Crippen LogP contribution in [0.15, 0.2) is 18.2 Å². The van der Waals surface area contributed by atoms with Crippen LogP contribution in [0.25, 0.3) is 0 Å². The molecular formula is C13H16N2O4. The number of aromatic hydroxyl groups is 1. The summed E-state index contributed by atoms with van der Waals surface area (Å²) in [6, 6.07) is 4.47. The van der Waals surface area contributed by atoms with Gasteiger partial charge in [0.25, 0.3) is 5.91 Å². The van der Waals surface area contributed by atoms with Crippen LogP contribution in [0.1, 0.15) is 13.3 Å². The first-order valence-corrected chi connectivity index (χ1v) is 6.14. The minimum absolute atomic E-state index is 0.0241. The second-order valence-corrected chi connectivity index (χ2v) is 4.27. The van der Waals surface area contributed by atoms with Gasteiger partial charge in [-0.2, -0.15) is 0 Å². The maximum absolute atomic E-state index is 11.8. The van der Waals surface area contributed by atoms with Gasteiger partial charge in [0.1, 0.15) is 18.0 Å². The maximum atomic E-state index is 11.8. The minimum Gasteiger partial charge on any atom is -0.508 e. The van der Waals surface area contributed by atoms with E-state index in [1.807, 2.05) is 6.92 Å². The smallest absolute Gasteiger partial charge is 0.265 e. The Morgan fingerprint density at radius 3 is 3.05 bits per heavy atom. The number of nitrogens with one attached hydrogen (secondary N) is 1. The summed E-state index contributed by atoms with van der Waals surface area (Å²) in [5, 5.41) is 12.2. The highest BCUT2D eigenvalue weighted by molar-refractivity contribution is 6.02. The topological polar surface area (TPSA) is 78.9 Å². The molecule has 0 spiro atoms. The molecule has 2 rings (SSSR count). The predicted molar refractivity (Wildman–Crippen MR) is 69.3 cm³/mol. The number of benzene rings is 1. The minimum atomic E-state index is -0.301. The van der Waals surface area contributed by atoms with Gasteiger partial charge in [0.15, 0.2) is 6.61 Å². The van der Waals surface area contributed by atoms with Crippen LogP contribution < -0.4 is 15.0 Å². The van der Waals surface area contributed by atoms with Crippen LogP contribution in [0.3, 0.4) is 0 Å². The highest BCUT2D eigenvalue weighted by Crippen LogP contribution is 2.34. The van der Waals surface area contributed by atoms with E-state index in [4.69, 9.17) is 4.74 Å². The monoisotopic (exact) mass is 264 g/mol. The van der Waals surface area contributed by atoms with Crippen LogP contribution in [0.2, 0.25) is 0 Å². The highest BCUT2D eigenvalue weighted by atomic mass is 16.5. The third-order valence-corrected chi connectivity index (χ3v) is 2.76. The summed E-state index contributed by atoms with van der Waals surface area (Å²) in [7, 11) is 0. The Balaban J connectivity index is 2.18. The highest BCUT2D eigenvalue weighted by Gasteiger charge is 2.27. The normalized spacial score (nSPS) is 13.7. The molecule has 1 aliphatic rings. The van der Waals surface area contributed by atoms with E-state index in [1.165, 1.54) is 17.0 Å². The second kappa shape index (κ2) is 5.60. The average molecular weight is 264 g/mol. The number of carbonyl (C=O) groups is 2. The van der Waals surface area contributed by atoms with Crippen LogP contribution in [-0.2, 0) is 9.59 Å². The van der Waals surface area contributed by atoms with Gasteiger partial charge in [0, 0.05) is 12.6 Å². The van der Waals surface area contributed by atoms with Crippen molar-refractivity contribution in [3.8, 4) is 11.5 Å². The van der Waals surface area contributed by atoms with Gasteiger partial charge < -0.3 is 15.2 Å². The molecule has 0 fully saturated rings. The molecule has 0 radical (unpaired) electrons. The molecule has 2 amide bonds. The molecule has 0 unspecified atom stereocenters. The lowest BCUT2D eigenvalue weighted by Gasteiger charge is -2.28. The number of carbonyl (C=O) groups excluding carboxylic acids is 2. The fraction of sp³-hybridized carbons (Fsp3) is 0.385. The van der Waals surface area contributed by atoms with E-state index in [1.54, 1.807) is 6.07 Å². The van der Waals surface area contributed by atoms with Crippen molar-refractivity contribution in [3.05, 3.63) is 18.2 Å². The van der Waals surface area contributed by atoms with E-state index < -0.39 is 0 Å². The number of phenolic OH excluding ortho intramolecular Hbond substituents is 1. The van der Waals surface area contributed by atoms with E-state index in [0.717, 1.165) is 6.42 Å². The Bertz CT molecular complexity index is 501. The molecule has 0 aromatic heterocycles. The Morgan fingerprint density at radius 2 is 2.32 bits per heavy atom. The van der Waals surface area contributed by atoms with Crippen molar-refractivity contribution in [3.63, 3.8) is 0 Å². The largest absolute Gasteiger partial charge is 0.508 e. The van der Waals surface area contributed by atoms with Crippen molar-refractivity contribution >= 4 is 17.5 Å². The molecule has 1 aromatic rings. The lowest BCUT2D eigenvalue weighted by Crippen LogP contribution is -2.45. The first kappa shape index (κ1) is 13.2. The van der Waals surface area contributed by atoms with E-state index in [-0.39, 0.29) is 30.7 Å². The first-order valence-electron chi connectivity index (χ1n) is 6.14. The van der Waals surface area contributed by atoms with Crippen molar-refractivity contribution < 1.29 is 19.4 Å². The molecule has 1 aromatic carbocycles. The number of ether oxygens (including phenoxy) is 1. The van der Waals surface area contributed by atoms with Gasteiger partial charge in [0.2, 0.25) is 5.91 Å². The number of phenols is 1. The molecule has 102 valence electrons. The lowest BCUT2D eigenvalue weighted by atomic mass is 10.2. The van der Waals surface area contributed by atoms with Crippen LogP contribution in [0.4, 0.5) is 5.69 Å². The molecule has 6 nitrogen and oxygen atoms in total. The molecule has 0 atom stereocenters. The van der Waals surface area contributed by atoms with E-state index in [0.29, 0.717) is 18.0 Å². The Labute approximate surface area is 111 Å². The van der Waals surface area contributed by atoms with Gasteiger partial charge in [-0.3, -0.25) is 14.5 Å². The number of hydrogen-bond acceptors (Lipinski definition) is 4. The number of hydrogen-bond donors (Lipinski definition) is 2. The fourth-order valence-corrected chi connectivity index (χ4v) is 1.83. The van der Waals surface area contributed by atoms with Gasteiger partial charge in [0.05, 0.1) is 5.69 Å². The van der Waals surface area contributed by atoms with Crippen LogP contribution in [-0.4, -0.2) is 36.6 Å². The van der Waals surface area contributed by atoms with Crippen molar-refractivity contribution in [1.29, 1.82) is 0 Å². The standard InChI is InChI=1S/C13H16N2O4/c1-2-5-14-12(17)7-15-10-6-9(16)3-4-11(10)19-8-13(15)18/h3-4,6,16H,2,5,7-8H2,1H3,(H,14,17).